The van der Waals surface area contributed by atoms with Crippen molar-refractivity contribution in [1.82, 2.24) is 19.0 Å². The van der Waals surface area contributed by atoms with Gasteiger partial charge in [0.15, 0.2) is 0 Å². The van der Waals surface area contributed by atoms with Crippen LogP contribution in [0.5, 0.6) is 0 Å². The quantitative estimate of drug-likeness (QED) is 0.789. The third-order valence-electron chi connectivity index (χ3n) is 4.30. The monoisotopic (exact) mass is 312 g/mol. The predicted molar refractivity (Wildman–Crippen MR) is 89.2 cm³/mol. The van der Waals surface area contributed by atoms with Crippen LogP contribution in [0.25, 0.3) is 11.0 Å². The van der Waals surface area contributed by atoms with Gasteiger partial charge >= 0.3 is 5.69 Å². The van der Waals surface area contributed by atoms with E-state index in [9.17, 15) is 9.59 Å². The van der Waals surface area contributed by atoms with E-state index in [1.807, 2.05) is 54.9 Å². The van der Waals surface area contributed by atoms with Crippen molar-refractivity contribution in [2.75, 3.05) is 0 Å². The van der Waals surface area contributed by atoms with Crippen LogP contribution in [0.1, 0.15) is 11.4 Å². The van der Waals surface area contributed by atoms with Gasteiger partial charge in [-0.05, 0) is 31.2 Å². The minimum atomic E-state index is -0.184. The highest BCUT2D eigenvalue weighted by Crippen LogP contribution is 2.11. The molecule has 23 heavy (non-hydrogen) atoms. The van der Waals surface area contributed by atoms with Crippen LogP contribution in [0, 0.1) is 6.92 Å². The number of carbonyl (C=O) groups is 1. The number of fused-ring (bicyclic) bond motifs is 1. The molecule has 0 aliphatic rings. The number of nitrogens with one attached hydrogen (secondary N) is 1. The van der Waals surface area contributed by atoms with Crippen molar-refractivity contribution in [3.05, 3.63) is 58.3 Å². The van der Waals surface area contributed by atoms with E-state index in [1.54, 1.807) is 11.6 Å². The standard InChI is InChI=1S/C17H20N4O2/c1-12-8-9-13(19(12)2)10-18-16(22)11-21-15-7-5-4-6-14(15)20(3)17(21)23/h4-9H,10-11H2,1-3H3,(H,18,22). The fourth-order valence-corrected chi connectivity index (χ4v) is 2.75. The number of aromatic nitrogens is 3. The van der Waals surface area contributed by atoms with Crippen LogP contribution in [-0.4, -0.2) is 19.6 Å². The van der Waals surface area contributed by atoms with Gasteiger partial charge in [-0.1, -0.05) is 12.1 Å². The molecule has 1 N–H and O–H groups in total. The molecule has 1 aromatic carbocycles. The van der Waals surface area contributed by atoms with Crippen LogP contribution in [0.2, 0.25) is 0 Å². The van der Waals surface area contributed by atoms with Crippen molar-refractivity contribution in [2.45, 2.75) is 20.0 Å². The SMILES string of the molecule is Cc1ccc(CNC(=O)Cn2c(=O)n(C)c3ccccc32)n1C. The van der Waals surface area contributed by atoms with Crippen molar-refractivity contribution in [1.29, 1.82) is 0 Å². The largest absolute Gasteiger partial charge is 0.350 e. The van der Waals surface area contributed by atoms with E-state index >= 15 is 0 Å². The van der Waals surface area contributed by atoms with Gasteiger partial charge in [0.1, 0.15) is 6.54 Å². The Hall–Kier alpha value is -2.76. The summed E-state index contributed by atoms with van der Waals surface area (Å²) in [6.07, 6.45) is 0. The van der Waals surface area contributed by atoms with E-state index in [2.05, 4.69) is 5.32 Å². The lowest BCUT2D eigenvalue weighted by molar-refractivity contribution is -0.121. The van der Waals surface area contributed by atoms with Crippen LogP contribution in [-0.2, 0) is 32.0 Å². The summed E-state index contributed by atoms with van der Waals surface area (Å²) in [6.45, 7) is 2.48. The van der Waals surface area contributed by atoms with Crippen molar-refractivity contribution < 1.29 is 4.79 Å². The van der Waals surface area contributed by atoms with E-state index in [-0.39, 0.29) is 18.1 Å². The molecule has 0 spiro atoms. The van der Waals surface area contributed by atoms with Gasteiger partial charge in [-0.2, -0.15) is 0 Å². The Bertz CT molecular complexity index is 930. The van der Waals surface area contributed by atoms with E-state index in [0.29, 0.717) is 6.54 Å². The van der Waals surface area contributed by atoms with Gasteiger partial charge in [0.2, 0.25) is 5.91 Å². The molecule has 0 saturated carbocycles. The first-order valence-electron chi connectivity index (χ1n) is 7.51. The average Bonchev–Trinajstić information content (AvgIpc) is 2.99. The number of aryl methyl sites for hydroxylation is 2. The number of carbonyl (C=O) groups excluding carboxylic acids is 1. The van der Waals surface area contributed by atoms with E-state index in [1.165, 1.54) is 4.57 Å². The van der Waals surface area contributed by atoms with Crippen LogP contribution < -0.4 is 11.0 Å². The van der Waals surface area contributed by atoms with Crippen molar-refractivity contribution >= 4 is 16.9 Å². The molecule has 3 aromatic rings. The molecule has 2 aromatic heterocycles. The first-order valence-corrected chi connectivity index (χ1v) is 7.51. The summed E-state index contributed by atoms with van der Waals surface area (Å²) in [5, 5.41) is 2.87. The fourth-order valence-electron chi connectivity index (χ4n) is 2.75. The molecule has 0 atom stereocenters. The molecule has 2 heterocycles. The molecule has 0 bridgehead atoms. The maximum absolute atomic E-state index is 12.3. The second-order valence-electron chi connectivity index (χ2n) is 5.72. The molecule has 120 valence electrons. The molecule has 0 saturated heterocycles. The Morgan fingerprint density at radius 2 is 1.74 bits per heavy atom. The van der Waals surface area contributed by atoms with Crippen molar-refractivity contribution in [2.24, 2.45) is 14.1 Å². The topological polar surface area (TPSA) is 61.0 Å². The van der Waals surface area contributed by atoms with Gasteiger partial charge in [-0.3, -0.25) is 13.9 Å². The van der Waals surface area contributed by atoms with Gasteiger partial charge < -0.3 is 9.88 Å². The molecule has 0 aliphatic carbocycles. The molecular formula is C17H20N4O2. The maximum atomic E-state index is 12.3. The molecule has 0 radical (unpaired) electrons. The van der Waals surface area contributed by atoms with Gasteiger partial charge in [-0.15, -0.1) is 0 Å². The minimum Gasteiger partial charge on any atom is -0.350 e. The zero-order chi connectivity index (χ0) is 16.6. The molecule has 3 rings (SSSR count). The van der Waals surface area contributed by atoms with Gasteiger partial charge in [0.25, 0.3) is 0 Å². The lowest BCUT2D eigenvalue weighted by Gasteiger charge is -2.08. The number of rotatable bonds is 4. The van der Waals surface area contributed by atoms with Crippen molar-refractivity contribution in [3.63, 3.8) is 0 Å². The lowest BCUT2D eigenvalue weighted by atomic mass is 10.3. The summed E-state index contributed by atoms with van der Waals surface area (Å²) >= 11 is 0. The molecule has 0 aliphatic heterocycles. The third-order valence-corrected chi connectivity index (χ3v) is 4.30. The van der Waals surface area contributed by atoms with Crippen LogP contribution >= 0.6 is 0 Å². The minimum absolute atomic E-state index is 0.0175. The normalized spacial score (nSPS) is 11.1. The number of benzene rings is 1. The van der Waals surface area contributed by atoms with Crippen LogP contribution in [0.3, 0.4) is 0 Å². The van der Waals surface area contributed by atoms with E-state index in [4.69, 9.17) is 0 Å². The Kier molecular flexibility index (Phi) is 3.82. The Labute approximate surface area is 134 Å². The second-order valence-corrected chi connectivity index (χ2v) is 5.72. The molecular weight excluding hydrogens is 292 g/mol. The van der Waals surface area contributed by atoms with Crippen molar-refractivity contribution in [3.8, 4) is 0 Å². The summed E-state index contributed by atoms with van der Waals surface area (Å²) in [7, 11) is 3.68. The van der Waals surface area contributed by atoms with Gasteiger partial charge in [-0.25, -0.2) is 4.79 Å². The smallest absolute Gasteiger partial charge is 0.329 e. The maximum Gasteiger partial charge on any atom is 0.329 e. The lowest BCUT2D eigenvalue weighted by Crippen LogP contribution is -2.32. The Balaban J connectivity index is 1.77. The van der Waals surface area contributed by atoms with Crippen LogP contribution in [0.4, 0.5) is 0 Å². The fraction of sp³-hybridized carbons (Fsp3) is 0.294. The zero-order valence-corrected chi connectivity index (χ0v) is 13.5. The third kappa shape index (κ3) is 2.67. The number of hydrogen-bond acceptors (Lipinski definition) is 2. The molecule has 6 nitrogen and oxygen atoms in total. The Morgan fingerprint density at radius 1 is 1.04 bits per heavy atom. The first-order chi connectivity index (χ1) is 11.0. The second kappa shape index (κ2) is 5.79. The zero-order valence-electron chi connectivity index (χ0n) is 13.5. The number of hydrogen-bond donors (Lipinski definition) is 1. The number of para-hydroxylation sites is 2. The molecule has 0 fully saturated rings. The summed E-state index contributed by atoms with van der Waals surface area (Å²) in [4.78, 5) is 24.5. The highest BCUT2D eigenvalue weighted by atomic mass is 16.2. The summed E-state index contributed by atoms with van der Waals surface area (Å²) in [6, 6.07) is 11.5. The highest BCUT2D eigenvalue weighted by molar-refractivity contribution is 5.80. The van der Waals surface area contributed by atoms with Gasteiger partial charge in [0.05, 0.1) is 17.6 Å². The summed E-state index contributed by atoms with van der Waals surface area (Å²) in [5.74, 6) is -0.178. The number of nitrogens with zero attached hydrogens (tertiary/aromatic N) is 3. The molecule has 6 heteroatoms. The Morgan fingerprint density at radius 3 is 2.39 bits per heavy atom. The van der Waals surface area contributed by atoms with E-state index < -0.39 is 0 Å². The molecule has 1 amide bonds. The summed E-state index contributed by atoms with van der Waals surface area (Å²) < 4.78 is 5.09. The van der Waals surface area contributed by atoms with Gasteiger partial charge in [0, 0.05) is 25.5 Å². The summed E-state index contributed by atoms with van der Waals surface area (Å²) in [5.41, 5.74) is 3.57. The number of imidazole rings is 1. The highest BCUT2D eigenvalue weighted by Gasteiger charge is 2.13. The van der Waals surface area contributed by atoms with E-state index in [0.717, 1.165) is 22.4 Å². The number of amides is 1. The molecule has 0 unspecified atom stereocenters. The average molecular weight is 312 g/mol. The predicted octanol–water partition coefficient (Wildman–Crippen LogP) is 1.30. The first kappa shape index (κ1) is 15.1. The van der Waals surface area contributed by atoms with Crippen LogP contribution in [0.15, 0.2) is 41.2 Å².